The summed E-state index contributed by atoms with van der Waals surface area (Å²) in [6.07, 6.45) is 0. The molecule has 102 valence electrons. The van der Waals surface area contributed by atoms with E-state index in [0.717, 1.165) is 26.9 Å². The van der Waals surface area contributed by atoms with E-state index in [0.29, 0.717) is 5.88 Å². The molecule has 0 saturated carbocycles. The Hall–Kier alpha value is -1.36. The number of halogens is 1. The molecule has 20 heavy (non-hydrogen) atoms. The van der Waals surface area contributed by atoms with Crippen molar-refractivity contribution < 1.29 is 4.74 Å². The van der Waals surface area contributed by atoms with E-state index in [1.54, 1.807) is 29.8 Å². The molecule has 0 aliphatic heterocycles. The van der Waals surface area contributed by atoms with Crippen LogP contribution in [0.2, 0.25) is 0 Å². The van der Waals surface area contributed by atoms with Gasteiger partial charge in [0.25, 0.3) is 0 Å². The van der Waals surface area contributed by atoms with E-state index in [4.69, 9.17) is 21.3 Å². The van der Waals surface area contributed by atoms with Crippen LogP contribution in [0.4, 0.5) is 0 Å². The maximum absolute atomic E-state index is 6.06. The number of thiazole rings is 1. The van der Waals surface area contributed by atoms with Crippen LogP contribution in [0.5, 0.6) is 5.75 Å². The molecule has 0 amide bonds. The Balaban J connectivity index is 2.03. The molecular formula is C15H12ClNOS2. The number of hydrogen-bond acceptors (Lipinski definition) is 4. The second-order valence-electron chi connectivity index (χ2n) is 4.13. The zero-order valence-corrected chi connectivity index (χ0v) is 13.2. The minimum absolute atomic E-state index is 0.477. The zero-order valence-electron chi connectivity index (χ0n) is 10.8. The molecule has 0 fully saturated rings. The second kappa shape index (κ2) is 5.95. The Morgan fingerprint density at radius 3 is 2.60 bits per heavy atom. The van der Waals surface area contributed by atoms with Gasteiger partial charge in [-0.1, -0.05) is 6.07 Å². The maximum atomic E-state index is 6.06. The number of hydrogen-bond donors (Lipinski definition) is 0. The summed E-state index contributed by atoms with van der Waals surface area (Å²) >= 11 is 9.42. The van der Waals surface area contributed by atoms with Gasteiger partial charge in [-0.3, -0.25) is 0 Å². The van der Waals surface area contributed by atoms with Crippen molar-refractivity contribution in [2.75, 3.05) is 7.11 Å². The largest absolute Gasteiger partial charge is 0.497 e. The number of nitrogens with zero attached hydrogens (tertiary/aromatic N) is 1. The Morgan fingerprint density at radius 1 is 1.20 bits per heavy atom. The quantitative estimate of drug-likeness (QED) is 0.609. The summed E-state index contributed by atoms with van der Waals surface area (Å²) < 4.78 is 5.18. The van der Waals surface area contributed by atoms with Gasteiger partial charge in [0, 0.05) is 10.4 Å². The Bertz CT molecular complexity index is 689. The first kappa shape index (κ1) is 13.6. The Kier molecular flexibility index (Phi) is 4.05. The van der Waals surface area contributed by atoms with E-state index in [1.165, 1.54) is 4.88 Å². The van der Waals surface area contributed by atoms with Gasteiger partial charge in [-0.15, -0.1) is 34.3 Å². The highest BCUT2D eigenvalue weighted by atomic mass is 35.5. The standard InChI is InChI=1S/C15H12ClNOS2/c1-18-11-6-4-10(5-7-11)14-13(9-16)20-15(17-14)12-3-2-8-19-12/h2-8H,9H2,1H3. The van der Waals surface area contributed by atoms with E-state index in [-0.39, 0.29) is 0 Å². The minimum atomic E-state index is 0.477. The molecule has 0 atom stereocenters. The third kappa shape index (κ3) is 2.59. The monoisotopic (exact) mass is 321 g/mol. The van der Waals surface area contributed by atoms with Crippen molar-refractivity contribution >= 4 is 34.3 Å². The Morgan fingerprint density at radius 2 is 2.00 bits per heavy atom. The molecule has 0 radical (unpaired) electrons. The molecule has 2 aromatic heterocycles. The van der Waals surface area contributed by atoms with Gasteiger partial charge >= 0.3 is 0 Å². The molecule has 3 rings (SSSR count). The van der Waals surface area contributed by atoms with Crippen LogP contribution >= 0.6 is 34.3 Å². The highest BCUT2D eigenvalue weighted by Crippen LogP contribution is 2.36. The van der Waals surface area contributed by atoms with Crippen LogP contribution in [0.1, 0.15) is 4.88 Å². The lowest BCUT2D eigenvalue weighted by Gasteiger charge is -2.02. The van der Waals surface area contributed by atoms with Gasteiger partial charge in [-0.25, -0.2) is 4.98 Å². The minimum Gasteiger partial charge on any atom is -0.497 e. The van der Waals surface area contributed by atoms with Crippen molar-refractivity contribution in [2.45, 2.75) is 5.88 Å². The van der Waals surface area contributed by atoms with E-state index >= 15 is 0 Å². The third-order valence-corrected chi connectivity index (χ3v) is 5.43. The molecule has 0 aliphatic carbocycles. The van der Waals surface area contributed by atoms with E-state index in [9.17, 15) is 0 Å². The van der Waals surface area contributed by atoms with Crippen molar-refractivity contribution in [1.29, 1.82) is 0 Å². The molecule has 0 aliphatic rings. The van der Waals surface area contributed by atoms with Crippen LogP contribution in [0.15, 0.2) is 41.8 Å². The fourth-order valence-electron chi connectivity index (χ4n) is 1.92. The van der Waals surface area contributed by atoms with Gasteiger partial charge in [-0.2, -0.15) is 0 Å². The molecule has 1 aromatic carbocycles. The van der Waals surface area contributed by atoms with Crippen LogP contribution < -0.4 is 4.74 Å². The lowest BCUT2D eigenvalue weighted by Crippen LogP contribution is -1.85. The highest BCUT2D eigenvalue weighted by molar-refractivity contribution is 7.21. The summed E-state index contributed by atoms with van der Waals surface area (Å²) in [5, 5.41) is 3.09. The molecule has 3 aromatic rings. The SMILES string of the molecule is COc1ccc(-c2nc(-c3cccs3)sc2CCl)cc1. The van der Waals surface area contributed by atoms with Gasteiger partial charge in [0.05, 0.1) is 23.6 Å². The summed E-state index contributed by atoms with van der Waals surface area (Å²) in [5.41, 5.74) is 2.04. The van der Waals surface area contributed by atoms with Gasteiger partial charge < -0.3 is 4.74 Å². The van der Waals surface area contributed by atoms with Gasteiger partial charge in [0.1, 0.15) is 10.8 Å². The lowest BCUT2D eigenvalue weighted by molar-refractivity contribution is 0.415. The van der Waals surface area contributed by atoms with E-state index in [2.05, 4.69) is 11.4 Å². The molecule has 0 bridgehead atoms. The second-order valence-corrected chi connectivity index (χ2v) is 6.43. The number of ether oxygens (including phenoxy) is 1. The molecule has 0 unspecified atom stereocenters. The van der Waals surface area contributed by atoms with Crippen LogP contribution in [-0.4, -0.2) is 12.1 Å². The van der Waals surface area contributed by atoms with Crippen molar-refractivity contribution in [1.82, 2.24) is 4.98 Å². The molecule has 2 nitrogen and oxygen atoms in total. The zero-order chi connectivity index (χ0) is 13.9. The number of benzene rings is 1. The number of thiophene rings is 1. The summed E-state index contributed by atoms with van der Waals surface area (Å²) in [7, 11) is 1.66. The molecule has 2 heterocycles. The summed E-state index contributed by atoms with van der Waals surface area (Å²) in [4.78, 5) is 7.03. The van der Waals surface area contributed by atoms with Gasteiger partial charge in [0.2, 0.25) is 0 Å². The molecule has 0 saturated heterocycles. The van der Waals surface area contributed by atoms with Crippen LogP contribution in [-0.2, 0) is 5.88 Å². The van der Waals surface area contributed by atoms with Crippen LogP contribution in [0.25, 0.3) is 21.1 Å². The number of aromatic nitrogens is 1. The van der Waals surface area contributed by atoms with Crippen molar-refractivity contribution in [3.05, 3.63) is 46.7 Å². The summed E-state index contributed by atoms with van der Waals surface area (Å²) in [6.45, 7) is 0. The first-order valence-corrected chi connectivity index (χ1v) is 8.29. The van der Waals surface area contributed by atoms with Crippen LogP contribution in [0, 0.1) is 0 Å². The average molecular weight is 322 g/mol. The number of methoxy groups -OCH3 is 1. The van der Waals surface area contributed by atoms with E-state index < -0.39 is 0 Å². The third-order valence-electron chi connectivity index (χ3n) is 2.91. The molecule has 0 N–H and O–H groups in total. The fourth-order valence-corrected chi connectivity index (χ4v) is 3.94. The summed E-state index contributed by atoms with van der Waals surface area (Å²) in [5.74, 6) is 1.32. The number of rotatable bonds is 4. The maximum Gasteiger partial charge on any atom is 0.134 e. The van der Waals surface area contributed by atoms with Crippen molar-refractivity contribution in [3.8, 4) is 26.9 Å². The van der Waals surface area contributed by atoms with Gasteiger partial charge in [0.15, 0.2) is 0 Å². The molecule has 5 heteroatoms. The predicted molar refractivity (Wildman–Crippen MR) is 87.0 cm³/mol. The highest BCUT2D eigenvalue weighted by Gasteiger charge is 2.14. The van der Waals surface area contributed by atoms with Crippen molar-refractivity contribution in [3.63, 3.8) is 0 Å². The van der Waals surface area contributed by atoms with Crippen LogP contribution in [0.3, 0.4) is 0 Å². The van der Waals surface area contributed by atoms with E-state index in [1.807, 2.05) is 30.3 Å². The normalized spacial score (nSPS) is 10.7. The first-order chi connectivity index (χ1) is 9.81. The fraction of sp³-hybridized carbons (Fsp3) is 0.133. The molecular weight excluding hydrogens is 310 g/mol. The predicted octanol–water partition coefficient (Wildman–Crippen LogP) is 5.29. The lowest BCUT2D eigenvalue weighted by atomic mass is 10.1. The summed E-state index contributed by atoms with van der Waals surface area (Å²) in [6, 6.07) is 12.0. The molecule has 0 spiro atoms. The first-order valence-electron chi connectivity index (χ1n) is 6.06. The Labute approximate surface area is 130 Å². The topological polar surface area (TPSA) is 22.1 Å². The van der Waals surface area contributed by atoms with Gasteiger partial charge in [-0.05, 0) is 35.7 Å². The smallest absolute Gasteiger partial charge is 0.134 e. The average Bonchev–Trinajstić information content (AvgIpc) is 3.16. The number of alkyl halides is 1. The van der Waals surface area contributed by atoms with Crippen molar-refractivity contribution in [2.24, 2.45) is 0 Å².